The second-order valence-electron chi connectivity index (χ2n) is 5.14. The van der Waals surface area contributed by atoms with Gasteiger partial charge in [-0.15, -0.1) is 0 Å². The molecule has 0 amide bonds. The molecule has 1 aliphatic heterocycles. The first-order valence-corrected chi connectivity index (χ1v) is 7.99. The summed E-state index contributed by atoms with van der Waals surface area (Å²) in [7, 11) is 0. The lowest BCUT2D eigenvalue weighted by molar-refractivity contribution is 0.258. The number of nitrogens with zero attached hydrogens (tertiary/aromatic N) is 2. The van der Waals surface area contributed by atoms with E-state index in [0.29, 0.717) is 6.54 Å². The molecule has 0 atom stereocenters. The molecule has 0 saturated carbocycles. The van der Waals surface area contributed by atoms with Crippen LogP contribution in [0.4, 0.5) is 5.69 Å². The molecule has 106 valence electrons. The van der Waals surface area contributed by atoms with Crippen molar-refractivity contribution in [3.8, 4) is 0 Å². The van der Waals surface area contributed by atoms with Crippen LogP contribution in [0, 0.1) is 0 Å². The maximum atomic E-state index is 5.73. The summed E-state index contributed by atoms with van der Waals surface area (Å²) < 4.78 is 1.14. The molecule has 0 aliphatic carbocycles. The summed E-state index contributed by atoms with van der Waals surface area (Å²) in [5, 5.41) is 0. The summed E-state index contributed by atoms with van der Waals surface area (Å²) in [5.41, 5.74) is 8.46. The molecular formula is C15H24BrN3. The highest BCUT2D eigenvalue weighted by Gasteiger charge is 2.18. The Morgan fingerprint density at radius 3 is 2.58 bits per heavy atom. The van der Waals surface area contributed by atoms with Crippen molar-refractivity contribution in [3.63, 3.8) is 0 Å². The van der Waals surface area contributed by atoms with E-state index in [1.807, 2.05) is 0 Å². The number of anilines is 1. The average Bonchev–Trinajstić information content (AvgIpc) is 2.41. The number of nitrogens with two attached hydrogens (primary N) is 1. The topological polar surface area (TPSA) is 32.5 Å². The van der Waals surface area contributed by atoms with Crippen LogP contribution in [0.15, 0.2) is 22.7 Å². The standard InChI is InChI=1S/C15H24BrN3/c1-2-7-18-8-10-19(11-9-18)15-4-3-14(16)12-13(15)5-6-17/h3-4,12H,2,5-11,17H2,1H3. The summed E-state index contributed by atoms with van der Waals surface area (Å²) in [5.74, 6) is 0. The van der Waals surface area contributed by atoms with Gasteiger partial charge in [0.05, 0.1) is 0 Å². The first-order chi connectivity index (χ1) is 9.24. The third-order valence-corrected chi connectivity index (χ3v) is 4.20. The minimum Gasteiger partial charge on any atom is -0.369 e. The summed E-state index contributed by atoms with van der Waals surface area (Å²) in [6, 6.07) is 6.57. The highest BCUT2D eigenvalue weighted by atomic mass is 79.9. The van der Waals surface area contributed by atoms with Gasteiger partial charge in [0, 0.05) is 36.3 Å². The number of piperazine rings is 1. The molecule has 1 saturated heterocycles. The normalized spacial score (nSPS) is 16.9. The largest absolute Gasteiger partial charge is 0.369 e. The lowest BCUT2D eigenvalue weighted by Gasteiger charge is -2.37. The van der Waals surface area contributed by atoms with Crippen molar-refractivity contribution in [2.24, 2.45) is 5.73 Å². The average molecular weight is 326 g/mol. The highest BCUT2D eigenvalue weighted by Crippen LogP contribution is 2.26. The molecule has 2 rings (SSSR count). The van der Waals surface area contributed by atoms with Crippen LogP contribution in [-0.2, 0) is 6.42 Å². The van der Waals surface area contributed by atoms with Gasteiger partial charge in [0.2, 0.25) is 0 Å². The monoisotopic (exact) mass is 325 g/mol. The van der Waals surface area contributed by atoms with Gasteiger partial charge >= 0.3 is 0 Å². The molecule has 4 heteroatoms. The molecule has 2 N–H and O–H groups in total. The van der Waals surface area contributed by atoms with Crippen molar-refractivity contribution in [1.29, 1.82) is 0 Å². The second-order valence-corrected chi connectivity index (χ2v) is 6.06. The van der Waals surface area contributed by atoms with Crippen LogP contribution in [0.2, 0.25) is 0 Å². The van der Waals surface area contributed by atoms with Crippen molar-refractivity contribution >= 4 is 21.6 Å². The highest BCUT2D eigenvalue weighted by molar-refractivity contribution is 9.10. The van der Waals surface area contributed by atoms with E-state index in [4.69, 9.17) is 5.73 Å². The van der Waals surface area contributed by atoms with E-state index < -0.39 is 0 Å². The lowest BCUT2D eigenvalue weighted by atomic mass is 10.1. The minimum atomic E-state index is 0.708. The maximum Gasteiger partial charge on any atom is 0.0400 e. The zero-order valence-electron chi connectivity index (χ0n) is 11.7. The van der Waals surface area contributed by atoms with E-state index >= 15 is 0 Å². The predicted octanol–water partition coefficient (Wildman–Crippen LogP) is 2.48. The van der Waals surface area contributed by atoms with Gasteiger partial charge < -0.3 is 10.6 Å². The number of hydrogen-bond donors (Lipinski definition) is 1. The summed E-state index contributed by atoms with van der Waals surface area (Å²) in [4.78, 5) is 5.06. The molecule has 1 aromatic carbocycles. The van der Waals surface area contributed by atoms with Crippen molar-refractivity contribution in [2.75, 3.05) is 44.2 Å². The Labute approximate surface area is 124 Å². The van der Waals surface area contributed by atoms with Crippen molar-refractivity contribution < 1.29 is 0 Å². The van der Waals surface area contributed by atoms with Crippen LogP contribution >= 0.6 is 15.9 Å². The molecule has 0 unspecified atom stereocenters. The van der Waals surface area contributed by atoms with Gasteiger partial charge in [-0.05, 0) is 49.7 Å². The number of hydrogen-bond acceptors (Lipinski definition) is 3. The van der Waals surface area contributed by atoms with E-state index in [0.717, 1.165) is 24.0 Å². The SMILES string of the molecule is CCCN1CCN(c2ccc(Br)cc2CCN)CC1. The fourth-order valence-corrected chi connectivity index (χ4v) is 3.16. The second kappa shape index (κ2) is 7.27. The van der Waals surface area contributed by atoms with Crippen LogP contribution in [0.25, 0.3) is 0 Å². The Bertz CT molecular complexity index is 400. The van der Waals surface area contributed by atoms with Crippen LogP contribution in [0.5, 0.6) is 0 Å². The van der Waals surface area contributed by atoms with Gasteiger partial charge in [-0.2, -0.15) is 0 Å². The van der Waals surface area contributed by atoms with Gasteiger partial charge in [0.15, 0.2) is 0 Å². The first-order valence-electron chi connectivity index (χ1n) is 7.20. The fourth-order valence-electron chi connectivity index (χ4n) is 2.75. The summed E-state index contributed by atoms with van der Waals surface area (Å²) >= 11 is 3.55. The predicted molar refractivity (Wildman–Crippen MR) is 85.8 cm³/mol. The van der Waals surface area contributed by atoms with Gasteiger partial charge in [-0.1, -0.05) is 22.9 Å². The zero-order valence-corrected chi connectivity index (χ0v) is 13.3. The van der Waals surface area contributed by atoms with E-state index in [9.17, 15) is 0 Å². The summed E-state index contributed by atoms with van der Waals surface area (Å²) in [6.07, 6.45) is 2.20. The Hall–Kier alpha value is -0.580. The fraction of sp³-hybridized carbons (Fsp3) is 0.600. The van der Waals surface area contributed by atoms with Crippen molar-refractivity contribution in [3.05, 3.63) is 28.2 Å². The quantitative estimate of drug-likeness (QED) is 0.902. The van der Waals surface area contributed by atoms with Gasteiger partial charge in [-0.25, -0.2) is 0 Å². The Kier molecular flexibility index (Phi) is 5.67. The third-order valence-electron chi connectivity index (χ3n) is 3.71. The van der Waals surface area contributed by atoms with Crippen LogP contribution < -0.4 is 10.6 Å². The van der Waals surface area contributed by atoms with Crippen LogP contribution in [0.1, 0.15) is 18.9 Å². The molecule has 0 bridgehead atoms. The smallest absolute Gasteiger partial charge is 0.0400 e. The van der Waals surface area contributed by atoms with Crippen molar-refractivity contribution in [1.82, 2.24) is 4.90 Å². The number of halogens is 1. The molecule has 1 heterocycles. The van der Waals surface area contributed by atoms with Gasteiger partial charge in [0.25, 0.3) is 0 Å². The minimum absolute atomic E-state index is 0.708. The molecule has 0 radical (unpaired) electrons. The first kappa shape index (κ1) is 14.8. The summed E-state index contributed by atoms with van der Waals surface area (Å²) in [6.45, 7) is 8.78. The van der Waals surface area contributed by atoms with Gasteiger partial charge in [-0.3, -0.25) is 4.90 Å². The van der Waals surface area contributed by atoms with E-state index in [-0.39, 0.29) is 0 Å². The molecule has 19 heavy (non-hydrogen) atoms. The molecule has 0 aromatic heterocycles. The molecule has 1 aromatic rings. The number of rotatable bonds is 5. The van der Waals surface area contributed by atoms with Crippen LogP contribution in [-0.4, -0.2) is 44.2 Å². The van der Waals surface area contributed by atoms with E-state index in [2.05, 4.69) is 50.9 Å². The number of benzene rings is 1. The van der Waals surface area contributed by atoms with E-state index in [1.54, 1.807) is 0 Å². The maximum absolute atomic E-state index is 5.73. The van der Waals surface area contributed by atoms with Crippen LogP contribution in [0.3, 0.4) is 0 Å². The molecular weight excluding hydrogens is 302 g/mol. The Morgan fingerprint density at radius 1 is 1.21 bits per heavy atom. The van der Waals surface area contributed by atoms with Gasteiger partial charge in [0.1, 0.15) is 0 Å². The Balaban J connectivity index is 2.06. The lowest BCUT2D eigenvalue weighted by Crippen LogP contribution is -2.46. The Morgan fingerprint density at radius 2 is 1.95 bits per heavy atom. The van der Waals surface area contributed by atoms with Crippen molar-refractivity contribution in [2.45, 2.75) is 19.8 Å². The molecule has 1 aliphatic rings. The molecule has 0 spiro atoms. The molecule has 1 fully saturated rings. The van der Waals surface area contributed by atoms with E-state index in [1.165, 1.54) is 37.3 Å². The zero-order chi connectivity index (χ0) is 13.7. The third kappa shape index (κ3) is 3.94. The molecule has 3 nitrogen and oxygen atoms in total.